The van der Waals surface area contributed by atoms with Crippen LogP contribution in [0.5, 0.6) is 0 Å². The lowest BCUT2D eigenvalue weighted by molar-refractivity contribution is -0.137. The van der Waals surface area contributed by atoms with Crippen LogP contribution in [0.25, 0.3) is 0 Å². The van der Waals surface area contributed by atoms with E-state index < -0.39 is 11.7 Å². The van der Waals surface area contributed by atoms with Gasteiger partial charge in [0.2, 0.25) is 11.0 Å². The molecule has 0 aliphatic carbocycles. The number of carbonyl (C=O) groups is 1. The highest BCUT2D eigenvalue weighted by atomic mass is 35.5. The number of carbonyl (C=O) groups excluding carboxylic acids is 1. The third kappa shape index (κ3) is 5.61. The van der Waals surface area contributed by atoms with Gasteiger partial charge >= 0.3 is 6.18 Å². The average molecular weight is 464 g/mol. The van der Waals surface area contributed by atoms with E-state index in [1.54, 1.807) is 11.0 Å². The molecular formula is C17H17ClF3N5OS2. The Morgan fingerprint density at radius 3 is 2.76 bits per heavy atom. The summed E-state index contributed by atoms with van der Waals surface area (Å²) in [6.07, 6.45) is -0.897. The fourth-order valence-electron chi connectivity index (χ4n) is 2.83. The number of nitrogens with one attached hydrogen (secondary N) is 1. The maximum absolute atomic E-state index is 12.8. The van der Waals surface area contributed by atoms with E-state index in [1.807, 2.05) is 0 Å². The molecule has 0 bridgehead atoms. The summed E-state index contributed by atoms with van der Waals surface area (Å²) in [4.78, 5) is 18.1. The molecule has 0 saturated carbocycles. The second kappa shape index (κ2) is 9.31. The number of hydrogen-bond acceptors (Lipinski definition) is 7. The molecule has 12 heteroatoms. The lowest BCUT2D eigenvalue weighted by Crippen LogP contribution is -2.38. The van der Waals surface area contributed by atoms with Gasteiger partial charge in [-0.3, -0.25) is 4.79 Å². The Bertz CT molecular complexity index is 884. The molecule has 1 aliphatic rings. The average Bonchev–Trinajstić information content (AvgIpc) is 3.13. The van der Waals surface area contributed by atoms with E-state index in [4.69, 9.17) is 11.6 Å². The smallest absolute Gasteiger partial charge is 0.355 e. The second-order valence-corrected chi connectivity index (χ2v) is 8.90. The predicted octanol–water partition coefficient (Wildman–Crippen LogP) is 4.74. The van der Waals surface area contributed by atoms with Gasteiger partial charge in [0.1, 0.15) is 5.82 Å². The maximum atomic E-state index is 12.8. The molecular weight excluding hydrogens is 447 g/mol. The number of rotatable bonds is 6. The molecule has 0 atom stereocenters. The zero-order chi connectivity index (χ0) is 21.0. The second-order valence-electron chi connectivity index (χ2n) is 6.25. The molecule has 6 nitrogen and oxygen atoms in total. The van der Waals surface area contributed by atoms with Crippen LogP contribution in [-0.4, -0.2) is 39.9 Å². The molecule has 0 aromatic carbocycles. The van der Waals surface area contributed by atoms with E-state index in [2.05, 4.69) is 27.1 Å². The number of halogens is 4. The number of hydrogen-bond donors (Lipinski definition) is 1. The Kier molecular flexibility index (Phi) is 7.01. The van der Waals surface area contributed by atoms with E-state index in [1.165, 1.54) is 23.1 Å². The summed E-state index contributed by atoms with van der Waals surface area (Å²) in [7, 11) is 0. The maximum Gasteiger partial charge on any atom is 0.417 e. The van der Waals surface area contributed by atoms with Crippen molar-refractivity contribution in [3.8, 4) is 0 Å². The van der Waals surface area contributed by atoms with Gasteiger partial charge in [-0.2, -0.15) is 13.2 Å². The van der Waals surface area contributed by atoms with Crippen LogP contribution in [0.2, 0.25) is 5.02 Å². The summed E-state index contributed by atoms with van der Waals surface area (Å²) in [5.74, 6) is 0.633. The Morgan fingerprint density at radius 1 is 1.41 bits per heavy atom. The fraction of sp³-hybridized carbons (Fsp3) is 0.412. The van der Waals surface area contributed by atoms with Crippen LogP contribution in [-0.2, 0) is 11.0 Å². The third-order valence-corrected chi connectivity index (χ3v) is 6.52. The molecule has 1 aliphatic heterocycles. The van der Waals surface area contributed by atoms with Gasteiger partial charge in [-0.05, 0) is 18.9 Å². The third-order valence-electron chi connectivity index (χ3n) is 4.28. The summed E-state index contributed by atoms with van der Waals surface area (Å²) in [6.45, 7) is 4.57. The molecule has 3 heterocycles. The lowest BCUT2D eigenvalue weighted by atomic mass is 9.96. The minimum Gasteiger partial charge on any atom is -0.355 e. The van der Waals surface area contributed by atoms with Crippen molar-refractivity contribution in [2.24, 2.45) is 5.92 Å². The van der Waals surface area contributed by atoms with Crippen molar-refractivity contribution in [2.75, 3.05) is 29.1 Å². The highest BCUT2D eigenvalue weighted by Crippen LogP contribution is 2.35. The van der Waals surface area contributed by atoms with Crippen LogP contribution in [0.15, 0.2) is 29.3 Å². The van der Waals surface area contributed by atoms with Gasteiger partial charge in [-0.1, -0.05) is 40.8 Å². The molecule has 2 aromatic heterocycles. The predicted molar refractivity (Wildman–Crippen MR) is 109 cm³/mol. The summed E-state index contributed by atoms with van der Waals surface area (Å²) in [5, 5.41) is 11.1. The van der Waals surface area contributed by atoms with Crippen molar-refractivity contribution in [3.05, 3.63) is 35.5 Å². The number of alkyl halides is 3. The van der Waals surface area contributed by atoms with Crippen molar-refractivity contribution in [3.63, 3.8) is 0 Å². The fourth-order valence-corrected chi connectivity index (χ4v) is 4.63. The van der Waals surface area contributed by atoms with Gasteiger partial charge in [-0.25, -0.2) is 4.98 Å². The van der Waals surface area contributed by atoms with E-state index in [9.17, 15) is 18.0 Å². The Labute approximate surface area is 178 Å². The number of amides is 1. The topological polar surface area (TPSA) is 71.0 Å². The molecule has 3 rings (SSSR count). The van der Waals surface area contributed by atoms with Crippen LogP contribution in [0.4, 0.5) is 24.1 Å². The monoisotopic (exact) mass is 463 g/mol. The van der Waals surface area contributed by atoms with Gasteiger partial charge in [0.15, 0.2) is 4.34 Å². The summed E-state index contributed by atoms with van der Waals surface area (Å²) in [5.41, 5.74) is -0.886. The van der Waals surface area contributed by atoms with E-state index in [0.29, 0.717) is 42.6 Å². The standard InChI is InChI=1S/C17H17ClF3N5OS2/c1-2-7-28-16-25-24-15(29-16)23-14(27)10-3-5-26(6-4-10)13-12(18)8-11(9-22-13)17(19,20)21/h2,8-10H,1,3-7H2,(H,23,24,27). The summed E-state index contributed by atoms with van der Waals surface area (Å²) < 4.78 is 39.0. The molecule has 0 spiro atoms. The number of nitrogens with zero attached hydrogens (tertiary/aromatic N) is 4. The van der Waals surface area contributed by atoms with Crippen molar-refractivity contribution in [1.82, 2.24) is 15.2 Å². The largest absolute Gasteiger partial charge is 0.417 e. The molecule has 0 unspecified atom stereocenters. The quantitative estimate of drug-likeness (QED) is 0.379. The Morgan fingerprint density at radius 2 is 2.14 bits per heavy atom. The molecule has 29 heavy (non-hydrogen) atoms. The normalized spacial score (nSPS) is 15.4. The van der Waals surface area contributed by atoms with Crippen molar-refractivity contribution >= 4 is 51.6 Å². The first-order valence-corrected chi connectivity index (χ1v) is 10.8. The SMILES string of the molecule is C=CCSc1nnc(NC(=O)C2CCN(c3ncc(C(F)(F)F)cc3Cl)CC2)s1. The molecule has 1 saturated heterocycles. The highest BCUT2D eigenvalue weighted by Gasteiger charge is 2.33. The van der Waals surface area contributed by atoms with Crippen LogP contribution in [0, 0.1) is 5.92 Å². The number of aromatic nitrogens is 3. The lowest BCUT2D eigenvalue weighted by Gasteiger charge is -2.32. The number of pyridine rings is 1. The van der Waals surface area contributed by atoms with Crippen LogP contribution in [0.1, 0.15) is 18.4 Å². The van der Waals surface area contributed by atoms with E-state index in [0.717, 1.165) is 16.6 Å². The molecule has 156 valence electrons. The van der Waals surface area contributed by atoms with Gasteiger partial charge < -0.3 is 10.2 Å². The van der Waals surface area contributed by atoms with Crippen molar-refractivity contribution in [1.29, 1.82) is 0 Å². The molecule has 2 aromatic rings. The summed E-state index contributed by atoms with van der Waals surface area (Å²) in [6, 6.07) is 0.875. The number of thioether (sulfide) groups is 1. The summed E-state index contributed by atoms with van der Waals surface area (Å²) >= 11 is 8.79. The first-order chi connectivity index (χ1) is 13.8. The van der Waals surface area contributed by atoms with Gasteiger partial charge in [0.05, 0.1) is 10.6 Å². The minimum absolute atomic E-state index is 0.0545. The Hall–Kier alpha value is -1.85. The van der Waals surface area contributed by atoms with Crippen LogP contribution >= 0.6 is 34.7 Å². The first-order valence-electron chi connectivity index (χ1n) is 8.63. The minimum atomic E-state index is -4.49. The number of anilines is 2. The Balaban J connectivity index is 1.55. The van der Waals surface area contributed by atoms with Gasteiger partial charge in [-0.15, -0.1) is 16.8 Å². The van der Waals surface area contributed by atoms with Gasteiger partial charge in [0, 0.05) is 31.0 Å². The van der Waals surface area contributed by atoms with E-state index in [-0.39, 0.29) is 16.8 Å². The molecule has 1 N–H and O–H groups in total. The zero-order valence-corrected chi connectivity index (χ0v) is 17.5. The first kappa shape index (κ1) is 21.8. The molecule has 1 amide bonds. The van der Waals surface area contributed by atoms with Crippen LogP contribution in [0.3, 0.4) is 0 Å². The van der Waals surface area contributed by atoms with E-state index >= 15 is 0 Å². The molecule has 0 radical (unpaired) electrons. The van der Waals surface area contributed by atoms with Crippen molar-refractivity contribution < 1.29 is 18.0 Å². The van der Waals surface area contributed by atoms with Gasteiger partial charge in [0.25, 0.3) is 0 Å². The number of piperidine rings is 1. The highest BCUT2D eigenvalue weighted by molar-refractivity contribution is 8.01. The zero-order valence-electron chi connectivity index (χ0n) is 15.1. The van der Waals surface area contributed by atoms with Crippen LogP contribution < -0.4 is 10.2 Å². The van der Waals surface area contributed by atoms with Crippen molar-refractivity contribution in [2.45, 2.75) is 23.4 Å². The molecule has 1 fully saturated rings.